The van der Waals surface area contributed by atoms with Gasteiger partial charge in [0.1, 0.15) is 11.3 Å². The van der Waals surface area contributed by atoms with Crippen LogP contribution in [0.15, 0.2) is 28.7 Å². The third-order valence-electron chi connectivity index (χ3n) is 4.45. The molecule has 0 radical (unpaired) electrons. The number of rotatable bonds is 4. The zero-order chi connectivity index (χ0) is 14.8. The van der Waals surface area contributed by atoms with Crippen molar-refractivity contribution in [3.8, 4) is 0 Å². The lowest BCUT2D eigenvalue weighted by molar-refractivity contribution is -0.138. The number of nitrogens with zero attached hydrogens (tertiary/aromatic N) is 1. The molecular formula is C17H21NO3. The van der Waals surface area contributed by atoms with E-state index in [0.717, 1.165) is 43.8 Å². The summed E-state index contributed by atoms with van der Waals surface area (Å²) in [6, 6.07) is 8.15. The molecule has 0 atom stereocenters. The molecule has 1 aromatic heterocycles. The average molecular weight is 287 g/mol. The van der Waals surface area contributed by atoms with Crippen LogP contribution in [-0.2, 0) is 11.3 Å². The number of aliphatic carboxylic acids is 1. The van der Waals surface area contributed by atoms with E-state index in [4.69, 9.17) is 9.52 Å². The number of piperidine rings is 1. The van der Waals surface area contributed by atoms with Crippen molar-refractivity contribution >= 4 is 16.9 Å². The summed E-state index contributed by atoms with van der Waals surface area (Å²) in [6.07, 6.45) is 2.25. The van der Waals surface area contributed by atoms with Crippen molar-refractivity contribution in [2.45, 2.75) is 32.7 Å². The smallest absolute Gasteiger partial charge is 0.303 e. The number of furan rings is 1. The molecule has 2 aromatic rings. The Balaban J connectivity index is 1.67. The summed E-state index contributed by atoms with van der Waals surface area (Å²) in [6.45, 7) is 4.85. The van der Waals surface area contributed by atoms with Crippen LogP contribution in [0.5, 0.6) is 0 Å². The van der Waals surface area contributed by atoms with Crippen LogP contribution >= 0.6 is 0 Å². The molecule has 1 aromatic carbocycles. The Morgan fingerprint density at radius 1 is 1.33 bits per heavy atom. The van der Waals surface area contributed by atoms with E-state index in [2.05, 4.69) is 11.0 Å². The van der Waals surface area contributed by atoms with Gasteiger partial charge in [0.15, 0.2) is 0 Å². The second-order valence-electron chi connectivity index (χ2n) is 5.95. The summed E-state index contributed by atoms with van der Waals surface area (Å²) in [5, 5.41) is 10.1. The third kappa shape index (κ3) is 3.10. The van der Waals surface area contributed by atoms with Gasteiger partial charge in [0, 0.05) is 23.9 Å². The van der Waals surface area contributed by atoms with Crippen LogP contribution in [0.3, 0.4) is 0 Å². The zero-order valence-corrected chi connectivity index (χ0v) is 12.3. The van der Waals surface area contributed by atoms with E-state index in [-0.39, 0.29) is 0 Å². The highest BCUT2D eigenvalue weighted by molar-refractivity contribution is 5.82. The van der Waals surface area contributed by atoms with Gasteiger partial charge in [-0.3, -0.25) is 9.69 Å². The highest BCUT2D eigenvalue weighted by Gasteiger charge is 2.22. The summed E-state index contributed by atoms with van der Waals surface area (Å²) in [7, 11) is 0. The lowest BCUT2D eigenvalue weighted by Gasteiger charge is -2.31. The Bertz CT molecular complexity index is 639. The average Bonchev–Trinajstić information content (AvgIpc) is 2.77. The third-order valence-corrected chi connectivity index (χ3v) is 4.45. The molecule has 0 saturated carbocycles. The number of aryl methyl sites for hydroxylation is 1. The standard InChI is InChI=1S/C17H21NO3/c1-12-15(14-4-2-3-5-16(14)21-12)11-18-8-6-13(7-9-18)10-17(19)20/h2-5,13H,6-11H2,1H3,(H,19,20). The van der Waals surface area contributed by atoms with Crippen LogP contribution in [0.25, 0.3) is 11.0 Å². The second-order valence-corrected chi connectivity index (χ2v) is 5.95. The number of fused-ring (bicyclic) bond motifs is 1. The minimum Gasteiger partial charge on any atom is -0.481 e. The van der Waals surface area contributed by atoms with Gasteiger partial charge in [-0.2, -0.15) is 0 Å². The number of benzene rings is 1. The fourth-order valence-electron chi connectivity index (χ4n) is 3.24. The Kier molecular flexibility index (Phi) is 3.97. The zero-order valence-electron chi connectivity index (χ0n) is 12.3. The summed E-state index contributed by atoms with van der Waals surface area (Å²) < 4.78 is 5.81. The molecule has 3 rings (SSSR count). The first kappa shape index (κ1) is 14.1. The second kappa shape index (κ2) is 5.90. The largest absolute Gasteiger partial charge is 0.481 e. The summed E-state index contributed by atoms with van der Waals surface area (Å²) >= 11 is 0. The topological polar surface area (TPSA) is 53.7 Å². The van der Waals surface area contributed by atoms with Gasteiger partial charge in [-0.05, 0) is 44.8 Å². The number of hydrogen-bond acceptors (Lipinski definition) is 3. The molecular weight excluding hydrogens is 266 g/mol. The summed E-state index contributed by atoms with van der Waals surface area (Å²) in [5.74, 6) is 0.648. The molecule has 0 amide bonds. The van der Waals surface area contributed by atoms with Gasteiger partial charge in [0.25, 0.3) is 0 Å². The molecule has 1 saturated heterocycles. The minimum absolute atomic E-state index is 0.307. The first-order valence-corrected chi connectivity index (χ1v) is 7.54. The number of carboxylic acid groups (broad SMARTS) is 1. The van der Waals surface area contributed by atoms with Crippen molar-refractivity contribution in [3.63, 3.8) is 0 Å². The van der Waals surface area contributed by atoms with Crippen molar-refractivity contribution in [1.82, 2.24) is 4.90 Å². The molecule has 1 aliphatic rings. The maximum atomic E-state index is 10.8. The molecule has 112 valence electrons. The van der Waals surface area contributed by atoms with Gasteiger partial charge in [0.05, 0.1) is 0 Å². The Morgan fingerprint density at radius 3 is 2.76 bits per heavy atom. The van der Waals surface area contributed by atoms with Crippen molar-refractivity contribution in [1.29, 1.82) is 0 Å². The van der Waals surface area contributed by atoms with Crippen LogP contribution in [0.1, 0.15) is 30.6 Å². The first-order chi connectivity index (χ1) is 10.1. The molecule has 0 bridgehead atoms. The predicted molar refractivity (Wildman–Crippen MR) is 81.2 cm³/mol. The van der Waals surface area contributed by atoms with Gasteiger partial charge in [-0.1, -0.05) is 18.2 Å². The van der Waals surface area contributed by atoms with Gasteiger partial charge in [-0.15, -0.1) is 0 Å². The maximum Gasteiger partial charge on any atom is 0.303 e. The molecule has 1 N–H and O–H groups in total. The molecule has 4 nitrogen and oxygen atoms in total. The molecule has 0 unspecified atom stereocenters. The summed E-state index contributed by atoms with van der Waals surface area (Å²) in [4.78, 5) is 13.2. The van der Waals surface area contributed by atoms with Crippen LogP contribution < -0.4 is 0 Å². The van der Waals surface area contributed by atoms with Gasteiger partial charge >= 0.3 is 5.97 Å². The number of carboxylic acids is 1. The fraction of sp³-hybridized carbons (Fsp3) is 0.471. The first-order valence-electron chi connectivity index (χ1n) is 7.54. The van der Waals surface area contributed by atoms with Crippen LogP contribution in [0.2, 0.25) is 0 Å². The van der Waals surface area contributed by atoms with E-state index in [1.165, 1.54) is 10.9 Å². The molecule has 1 fully saturated rings. The lowest BCUT2D eigenvalue weighted by Crippen LogP contribution is -2.34. The van der Waals surface area contributed by atoms with E-state index < -0.39 is 5.97 Å². The quantitative estimate of drug-likeness (QED) is 0.936. The predicted octanol–water partition coefficient (Wildman–Crippen LogP) is 3.43. The number of para-hydroxylation sites is 1. The van der Waals surface area contributed by atoms with Crippen molar-refractivity contribution < 1.29 is 14.3 Å². The molecule has 0 spiro atoms. The van der Waals surface area contributed by atoms with Crippen LogP contribution in [-0.4, -0.2) is 29.1 Å². The highest BCUT2D eigenvalue weighted by atomic mass is 16.4. The van der Waals surface area contributed by atoms with E-state index in [1.807, 2.05) is 25.1 Å². The Morgan fingerprint density at radius 2 is 2.05 bits per heavy atom. The normalized spacial score (nSPS) is 17.4. The lowest BCUT2D eigenvalue weighted by atomic mass is 9.93. The van der Waals surface area contributed by atoms with Gasteiger partial charge < -0.3 is 9.52 Å². The van der Waals surface area contributed by atoms with E-state index in [1.54, 1.807) is 0 Å². The maximum absolute atomic E-state index is 10.8. The number of carbonyl (C=O) groups is 1. The van der Waals surface area contributed by atoms with Crippen molar-refractivity contribution in [2.24, 2.45) is 5.92 Å². The number of hydrogen-bond donors (Lipinski definition) is 1. The monoisotopic (exact) mass is 287 g/mol. The molecule has 1 aliphatic heterocycles. The van der Waals surface area contributed by atoms with Crippen LogP contribution in [0.4, 0.5) is 0 Å². The minimum atomic E-state index is -0.676. The van der Waals surface area contributed by atoms with E-state index in [0.29, 0.717) is 12.3 Å². The molecule has 4 heteroatoms. The summed E-state index contributed by atoms with van der Waals surface area (Å²) in [5.41, 5.74) is 2.22. The van der Waals surface area contributed by atoms with Gasteiger partial charge in [-0.25, -0.2) is 0 Å². The molecule has 2 heterocycles. The number of likely N-dealkylation sites (tertiary alicyclic amines) is 1. The van der Waals surface area contributed by atoms with E-state index >= 15 is 0 Å². The SMILES string of the molecule is Cc1oc2ccccc2c1CN1CCC(CC(=O)O)CC1. The Hall–Kier alpha value is -1.81. The molecule has 21 heavy (non-hydrogen) atoms. The van der Waals surface area contributed by atoms with Gasteiger partial charge in [0.2, 0.25) is 0 Å². The Labute approximate surface area is 124 Å². The van der Waals surface area contributed by atoms with Crippen molar-refractivity contribution in [2.75, 3.05) is 13.1 Å². The van der Waals surface area contributed by atoms with Crippen LogP contribution in [0, 0.1) is 12.8 Å². The molecule has 0 aliphatic carbocycles. The van der Waals surface area contributed by atoms with E-state index in [9.17, 15) is 4.79 Å². The highest BCUT2D eigenvalue weighted by Crippen LogP contribution is 2.28. The van der Waals surface area contributed by atoms with Crippen molar-refractivity contribution in [3.05, 3.63) is 35.6 Å². The fourth-order valence-corrected chi connectivity index (χ4v) is 3.24.